The minimum atomic E-state index is 0.680. The number of thioether (sulfide) groups is 1. The van der Waals surface area contributed by atoms with Crippen molar-refractivity contribution in [2.75, 3.05) is 24.9 Å². The number of hydrogen-bond donors (Lipinski definition) is 2. The van der Waals surface area contributed by atoms with Crippen LogP contribution >= 0.6 is 11.8 Å². The van der Waals surface area contributed by atoms with E-state index in [1.807, 2.05) is 6.92 Å². The van der Waals surface area contributed by atoms with Gasteiger partial charge in [-0.3, -0.25) is 0 Å². The Bertz CT molecular complexity index is 308. The number of nitrogens with zero attached hydrogens (tertiary/aromatic N) is 2. The SMILES string of the molecule is COCCCSc1ncnc(NN)c1C. The molecule has 0 fully saturated rings. The van der Waals surface area contributed by atoms with Crippen LogP contribution < -0.4 is 11.3 Å². The summed E-state index contributed by atoms with van der Waals surface area (Å²) in [7, 11) is 1.71. The molecule has 0 amide bonds. The van der Waals surface area contributed by atoms with Gasteiger partial charge in [-0.05, 0) is 13.3 Å². The normalized spacial score (nSPS) is 10.3. The van der Waals surface area contributed by atoms with Gasteiger partial charge in [0, 0.05) is 25.0 Å². The first-order valence-corrected chi connectivity index (χ1v) is 5.68. The third-order valence-electron chi connectivity index (χ3n) is 1.91. The highest BCUT2D eigenvalue weighted by Gasteiger charge is 2.05. The third-order valence-corrected chi connectivity index (χ3v) is 3.08. The number of ether oxygens (including phenoxy) is 1. The average Bonchev–Trinajstić information content (AvgIpc) is 2.26. The molecule has 1 heterocycles. The first-order valence-electron chi connectivity index (χ1n) is 4.69. The molecule has 0 saturated carbocycles. The smallest absolute Gasteiger partial charge is 0.147 e. The van der Waals surface area contributed by atoms with Gasteiger partial charge < -0.3 is 10.2 Å². The Balaban J connectivity index is 2.53. The molecule has 15 heavy (non-hydrogen) atoms. The second-order valence-electron chi connectivity index (χ2n) is 2.99. The predicted molar refractivity (Wildman–Crippen MR) is 61.8 cm³/mol. The van der Waals surface area contributed by atoms with Gasteiger partial charge in [0.05, 0.1) is 0 Å². The van der Waals surface area contributed by atoms with Crippen molar-refractivity contribution in [2.24, 2.45) is 5.84 Å². The van der Waals surface area contributed by atoms with Gasteiger partial charge in [-0.15, -0.1) is 11.8 Å². The lowest BCUT2D eigenvalue weighted by Gasteiger charge is -2.07. The number of nitrogens with one attached hydrogen (secondary N) is 1. The Morgan fingerprint density at radius 3 is 3.00 bits per heavy atom. The fraction of sp³-hybridized carbons (Fsp3) is 0.556. The van der Waals surface area contributed by atoms with Gasteiger partial charge in [0.25, 0.3) is 0 Å². The Labute approximate surface area is 93.8 Å². The summed E-state index contributed by atoms with van der Waals surface area (Å²) in [5.74, 6) is 6.99. The van der Waals surface area contributed by atoms with E-state index in [0.29, 0.717) is 5.82 Å². The lowest BCUT2D eigenvalue weighted by atomic mass is 10.3. The summed E-state index contributed by atoms with van der Waals surface area (Å²) in [5, 5.41) is 0.967. The molecule has 0 spiro atoms. The number of methoxy groups -OCH3 is 1. The van der Waals surface area contributed by atoms with E-state index >= 15 is 0 Å². The van der Waals surface area contributed by atoms with Crippen LogP contribution in [-0.2, 0) is 4.74 Å². The van der Waals surface area contributed by atoms with Crippen LogP contribution in [0.5, 0.6) is 0 Å². The maximum absolute atomic E-state index is 5.33. The Morgan fingerprint density at radius 2 is 2.33 bits per heavy atom. The molecule has 84 valence electrons. The monoisotopic (exact) mass is 228 g/mol. The Morgan fingerprint density at radius 1 is 1.53 bits per heavy atom. The molecule has 1 rings (SSSR count). The molecule has 0 aromatic carbocycles. The number of aromatic nitrogens is 2. The van der Waals surface area contributed by atoms with Crippen LogP contribution in [0.3, 0.4) is 0 Å². The first-order chi connectivity index (χ1) is 7.29. The predicted octanol–water partition coefficient (Wildman–Crippen LogP) is 1.20. The van der Waals surface area contributed by atoms with Gasteiger partial charge in [-0.1, -0.05) is 0 Å². The molecule has 0 saturated heterocycles. The summed E-state index contributed by atoms with van der Waals surface area (Å²) in [5.41, 5.74) is 3.54. The fourth-order valence-corrected chi connectivity index (χ4v) is 1.99. The Hall–Kier alpha value is -0.850. The van der Waals surface area contributed by atoms with Gasteiger partial charge >= 0.3 is 0 Å². The summed E-state index contributed by atoms with van der Waals surface area (Å²) in [6.07, 6.45) is 2.52. The molecular formula is C9H16N4OS. The number of hydrogen-bond acceptors (Lipinski definition) is 6. The van der Waals surface area contributed by atoms with Crippen molar-refractivity contribution >= 4 is 17.6 Å². The van der Waals surface area contributed by atoms with Crippen LogP contribution in [0.1, 0.15) is 12.0 Å². The van der Waals surface area contributed by atoms with Crippen LogP contribution in [0.25, 0.3) is 0 Å². The molecule has 0 aliphatic carbocycles. The van der Waals surface area contributed by atoms with Crippen LogP contribution in [0.2, 0.25) is 0 Å². The summed E-state index contributed by atoms with van der Waals surface area (Å²) in [4.78, 5) is 8.22. The molecule has 0 radical (unpaired) electrons. The van der Waals surface area contributed by atoms with Crippen LogP contribution in [-0.4, -0.2) is 29.4 Å². The molecule has 1 aromatic heterocycles. The minimum Gasteiger partial charge on any atom is -0.385 e. The van der Waals surface area contributed by atoms with Crippen LogP contribution in [0.4, 0.5) is 5.82 Å². The molecule has 1 aromatic rings. The van der Waals surface area contributed by atoms with Crippen molar-refractivity contribution < 1.29 is 4.74 Å². The molecule has 0 bridgehead atoms. The zero-order chi connectivity index (χ0) is 11.1. The zero-order valence-electron chi connectivity index (χ0n) is 8.99. The largest absolute Gasteiger partial charge is 0.385 e. The van der Waals surface area contributed by atoms with Crippen LogP contribution in [0, 0.1) is 6.92 Å². The van der Waals surface area contributed by atoms with Gasteiger partial charge in [0.2, 0.25) is 0 Å². The summed E-state index contributed by atoms with van der Waals surface area (Å²) < 4.78 is 4.98. The zero-order valence-corrected chi connectivity index (χ0v) is 9.80. The van der Waals surface area contributed by atoms with Crippen molar-refractivity contribution in [3.8, 4) is 0 Å². The molecule has 0 aliphatic heterocycles. The molecule has 0 atom stereocenters. The summed E-state index contributed by atoms with van der Waals surface area (Å²) in [6, 6.07) is 0. The number of nitrogens with two attached hydrogens (primary N) is 1. The second kappa shape index (κ2) is 6.60. The quantitative estimate of drug-likeness (QED) is 0.250. The van der Waals surface area contributed by atoms with E-state index in [0.717, 1.165) is 29.4 Å². The number of hydrazine groups is 1. The summed E-state index contributed by atoms with van der Waals surface area (Å²) >= 11 is 1.69. The van der Waals surface area contributed by atoms with E-state index in [9.17, 15) is 0 Å². The van der Waals surface area contributed by atoms with Gasteiger partial charge in [-0.25, -0.2) is 15.8 Å². The van der Waals surface area contributed by atoms with E-state index in [4.69, 9.17) is 10.6 Å². The van der Waals surface area contributed by atoms with E-state index in [1.54, 1.807) is 18.9 Å². The summed E-state index contributed by atoms with van der Waals surface area (Å²) in [6.45, 7) is 2.73. The van der Waals surface area contributed by atoms with Gasteiger partial charge in [0.1, 0.15) is 17.2 Å². The molecule has 0 unspecified atom stereocenters. The van der Waals surface area contributed by atoms with Crippen molar-refractivity contribution in [3.63, 3.8) is 0 Å². The lowest BCUT2D eigenvalue weighted by Crippen LogP contribution is -2.11. The molecule has 6 heteroatoms. The van der Waals surface area contributed by atoms with Gasteiger partial charge in [0.15, 0.2) is 0 Å². The number of nitrogen functional groups attached to an aromatic ring is 1. The highest BCUT2D eigenvalue weighted by molar-refractivity contribution is 7.99. The average molecular weight is 228 g/mol. The van der Waals surface area contributed by atoms with Crippen molar-refractivity contribution in [3.05, 3.63) is 11.9 Å². The number of anilines is 1. The van der Waals surface area contributed by atoms with E-state index in [1.165, 1.54) is 6.33 Å². The highest BCUT2D eigenvalue weighted by Crippen LogP contribution is 2.23. The van der Waals surface area contributed by atoms with E-state index in [-0.39, 0.29) is 0 Å². The molecule has 5 nitrogen and oxygen atoms in total. The van der Waals surface area contributed by atoms with E-state index < -0.39 is 0 Å². The highest BCUT2D eigenvalue weighted by atomic mass is 32.2. The molecular weight excluding hydrogens is 212 g/mol. The maximum Gasteiger partial charge on any atom is 0.147 e. The lowest BCUT2D eigenvalue weighted by molar-refractivity contribution is 0.200. The van der Waals surface area contributed by atoms with Crippen molar-refractivity contribution in [2.45, 2.75) is 18.4 Å². The van der Waals surface area contributed by atoms with Crippen molar-refractivity contribution in [1.82, 2.24) is 9.97 Å². The van der Waals surface area contributed by atoms with Crippen molar-refractivity contribution in [1.29, 1.82) is 0 Å². The van der Waals surface area contributed by atoms with E-state index in [2.05, 4.69) is 15.4 Å². The maximum atomic E-state index is 5.33. The molecule has 3 N–H and O–H groups in total. The second-order valence-corrected chi connectivity index (χ2v) is 4.08. The first kappa shape index (κ1) is 12.2. The third kappa shape index (κ3) is 3.65. The minimum absolute atomic E-state index is 0.680. The topological polar surface area (TPSA) is 73.1 Å². The standard InChI is InChI=1S/C9H16N4OS/c1-7-8(13-10)11-6-12-9(7)15-5-3-4-14-2/h6H,3-5,10H2,1-2H3,(H,11,12,13). The van der Waals surface area contributed by atoms with Gasteiger partial charge in [-0.2, -0.15) is 0 Å². The fourth-order valence-electron chi connectivity index (χ4n) is 1.10. The molecule has 0 aliphatic rings. The Kier molecular flexibility index (Phi) is 5.38. The number of rotatable bonds is 6. The van der Waals surface area contributed by atoms with Crippen LogP contribution in [0.15, 0.2) is 11.4 Å².